The van der Waals surface area contributed by atoms with E-state index in [9.17, 15) is 5.11 Å². The summed E-state index contributed by atoms with van der Waals surface area (Å²) in [6.07, 6.45) is 2.31. The highest BCUT2D eigenvalue weighted by molar-refractivity contribution is 5.39. The molecule has 4 heteroatoms. The third-order valence-electron chi connectivity index (χ3n) is 3.72. The SMILES string of the molecule is CCCN(Cc1cc(OC)ccc1O)C1CCNC1. The lowest BCUT2D eigenvalue weighted by atomic mass is 10.1. The molecule has 0 saturated carbocycles. The van der Waals surface area contributed by atoms with E-state index in [0.717, 1.165) is 43.9 Å². The summed E-state index contributed by atoms with van der Waals surface area (Å²) in [5.74, 6) is 1.15. The predicted octanol–water partition coefficient (Wildman–Crippen LogP) is 1.97. The molecule has 0 aromatic heterocycles. The molecule has 1 aliphatic rings. The van der Waals surface area contributed by atoms with Crippen LogP contribution in [0, 0.1) is 0 Å². The minimum Gasteiger partial charge on any atom is -0.508 e. The Morgan fingerprint density at radius 1 is 1.47 bits per heavy atom. The second-order valence-electron chi connectivity index (χ2n) is 5.11. The Labute approximate surface area is 115 Å². The topological polar surface area (TPSA) is 44.7 Å². The summed E-state index contributed by atoms with van der Waals surface area (Å²) in [5, 5.41) is 13.4. The van der Waals surface area contributed by atoms with Gasteiger partial charge in [0.05, 0.1) is 7.11 Å². The first-order chi connectivity index (χ1) is 9.24. The zero-order valence-electron chi connectivity index (χ0n) is 11.9. The quantitative estimate of drug-likeness (QED) is 0.824. The molecule has 1 saturated heterocycles. The lowest BCUT2D eigenvalue weighted by Crippen LogP contribution is -2.36. The normalized spacial score (nSPS) is 19.0. The van der Waals surface area contributed by atoms with E-state index < -0.39 is 0 Å². The second kappa shape index (κ2) is 6.78. The molecule has 0 amide bonds. The van der Waals surface area contributed by atoms with Crippen LogP contribution in [-0.2, 0) is 6.54 Å². The number of methoxy groups -OCH3 is 1. The van der Waals surface area contributed by atoms with Crippen LogP contribution in [0.2, 0.25) is 0 Å². The number of aromatic hydroxyl groups is 1. The van der Waals surface area contributed by atoms with Crippen molar-refractivity contribution in [2.24, 2.45) is 0 Å². The van der Waals surface area contributed by atoms with Gasteiger partial charge in [0, 0.05) is 24.7 Å². The number of hydrogen-bond donors (Lipinski definition) is 2. The van der Waals surface area contributed by atoms with Gasteiger partial charge in [0.1, 0.15) is 11.5 Å². The predicted molar refractivity (Wildman–Crippen MR) is 76.6 cm³/mol. The molecule has 0 spiro atoms. The zero-order valence-corrected chi connectivity index (χ0v) is 11.9. The monoisotopic (exact) mass is 264 g/mol. The smallest absolute Gasteiger partial charge is 0.120 e. The third kappa shape index (κ3) is 3.61. The minimum atomic E-state index is 0.354. The van der Waals surface area contributed by atoms with Crippen molar-refractivity contribution in [3.05, 3.63) is 23.8 Å². The Kier molecular flexibility index (Phi) is 5.05. The molecule has 0 radical (unpaired) electrons. The largest absolute Gasteiger partial charge is 0.508 e. The molecule has 1 heterocycles. The summed E-state index contributed by atoms with van der Waals surface area (Å²) in [5.41, 5.74) is 0.944. The van der Waals surface area contributed by atoms with Crippen LogP contribution in [-0.4, -0.2) is 42.8 Å². The molecular weight excluding hydrogens is 240 g/mol. The fourth-order valence-corrected chi connectivity index (χ4v) is 2.66. The molecule has 0 bridgehead atoms. The van der Waals surface area contributed by atoms with Crippen molar-refractivity contribution in [1.82, 2.24) is 10.2 Å². The average Bonchev–Trinajstić information content (AvgIpc) is 2.94. The molecule has 1 fully saturated rings. The molecule has 1 aromatic carbocycles. The standard InChI is InChI=1S/C15H24N2O2/c1-3-8-17(13-6-7-16-10-13)11-12-9-14(19-2)4-5-15(12)18/h4-5,9,13,16,18H,3,6-8,10-11H2,1-2H3. The van der Waals surface area contributed by atoms with Gasteiger partial charge in [0.15, 0.2) is 0 Å². The lowest BCUT2D eigenvalue weighted by molar-refractivity contribution is 0.197. The van der Waals surface area contributed by atoms with Crippen LogP contribution in [0.25, 0.3) is 0 Å². The van der Waals surface area contributed by atoms with Gasteiger partial charge in [-0.1, -0.05) is 6.92 Å². The van der Waals surface area contributed by atoms with Crippen molar-refractivity contribution in [2.45, 2.75) is 32.4 Å². The van der Waals surface area contributed by atoms with Gasteiger partial charge in [0.25, 0.3) is 0 Å². The van der Waals surface area contributed by atoms with Crippen LogP contribution in [0.5, 0.6) is 11.5 Å². The Bertz CT molecular complexity index is 403. The first-order valence-corrected chi connectivity index (χ1v) is 7.05. The van der Waals surface area contributed by atoms with E-state index in [-0.39, 0.29) is 0 Å². The van der Waals surface area contributed by atoms with Crippen LogP contribution < -0.4 is 10.1 Å². The zero-order chi connectivity index (χ0) is 13.7. The Hall–Kier alpha value is -1.26. The van der Waals surface area contributed by atoms with E-state index in [0.29, 0.717) is 11.8 Å². The molecule has 2 rings (SSSR count). The number of phenols is 1. The maximum absolute atomic E-state index is 9.99. The van der Waals surface area contributed by atoms with Crippen molar-refractivity contribution in [3.8, 4) is 11.5 Å². The lowest BCUT2D eigenvalue weighted by Gasteiger charge is -2.28. The maximum atomic E-state index is 9.99. The summed E-state index contributed by atoms with van der Waals surface area (Å²) < 4.78 is 5.23. The Balaban J connectivity index is 2.11. The van der Waals surface area contributed by atoms with Crippen molar-refractivity contribution in [1.29, 1.82) is 0 Å². The number of phenolic OH excluding ortho intramolecular Hbond substituents is 1. The summed E-state index contributed by atoms with van der Waals surface area (Å²) in [6.45, 7) is 6.17. The highest BCUT2D eigenvalue weighted by Crippen LogP contribution is 2.25. The van der Waals surface area contributed by atoms with Gasteiger partial charge in [-0.2, -0.15) is 0 Å². The van der Waals surface area contributed by atoms with E-state index in [2.05, 4.69) is 17.1 Å². The van der Waals surface area contributed by atoms with Gasteiger partial charge in [-0.15, -0.1) is 0 Å². The minimum absolute atomic E-state index is 0.354. The summed E-state index contributed by atoms with van der Waals surface area (Å²) in [6, 6.07) is 6.01. The molecule has 1 atom stereocenters. The first kappa shape index (κ1) is 14.2. The highest BCUT2D eigenvalue weighted by Gasteiger charge is 2.22. The number of rotatable bonds is 6. The number of nitrogens with zero attached hydrogens (tertiary/aromatic N) is 1. The van der Waals surface area contributed by atoms with E-state index in [1.807, 2.05) is 6.07 Å². The number of hydrogen-bond acceptors (Lipinski definition) is 4. The van der Waals surface area contributed by atoms with Crippen molar-refractivity contribution in [2.75, 3.05) is 26.7 Å². The third-order valence-corrected chi connectivity index (χ3v) is 3.72. The molecule has 1 aliphatic heterocycles. The van der Waals surface area contributed by atoms with Crippen molar-refractivity contribution >= 4 is 0 Å². The van der Waals surface area contributed by atoms with Crippen LogP contribution in [0.15, 0.2) is 18.2 Å². The Morgan fingerprint density at radius 3 is 2.95 bits per heavy atom. The summed E-state index contributed by atoms with van der Waals surface area (Å²) >= 11 is 0. The maximum Gasteiger partial charge on any atom is 0.120 e. The van der Waals surface area contributed by atoms with Crippen LogP contribution in [0.3, 0.4) is 0 Å². The van der Waals surface area contributed by atoms with Crippen LogP contribution in [0.1, 0.15) is 25.3 Å². The average molecular weight is 264 g/mol. The Morgan fingerprint density at radius 2 is 2.32 bits per heavy atom. The van der Waals surface area contributed by atoms with E-state index >= 15 is 0 Å². The molecule has 1 aromatic rings. The molecule has 106 valence electrons. The van der Waals surface area contributed by atoms with Crippen LogP contribution >= 0.6 is 0 Å². The summed E-state index contributed by atoms with van der Waals surface area (Å²) in [4.78, 5) is 2.45. The summed E-state index contributed by atoms with van der Waals surface area (Å²) in [7, 11) is 1.65. The molecule has 2 N–H and O–H groups in total. The van der Waals surface area contributed by atoms with Crippen molar-refractivity contribution < 1.29 is 9.84 Å². The fourth-order valence-electron chi connectivity index (χ4n) is 2.66. The van der Waals surface area contributed by atoms with Gasteiger partial charge in [-0.25, -0.2) is 0 Å². The van der Waals surface area contributed by atoms with Crippen LogP contribution in [0.4, 0.5) is 0 Å². The number of ether oxygens (including phenoxy) is 1. The van der Waals surface area contributed by atoms with E-state index in [1.165, 1.54) is 6.42 Å². The van der Waals surface area contributed by atoms with Gasteiger partial charge < -0.3 is 15.2 Å². The second-order valence-corrected chi connectivity index (χ2v) is 5.11. The van der Waals surface area contributed by atoms with E-state index in [4.69, 9.17) is 4.74 Å². The van der Waals surface area contributed by atoms with Crippen molar-refractivity contribution in [3.63, 3.8) is 0 Å². The fraction of sp³-hybridized carbons (Fsp3) is 0.600. The highest BCUT2D eigenvalue weighted by atomic mass is 16.5. The first-order valence-electron chi connectivity index (χ1n) is 7.05. The molecular formula is C15H24N2O2. The van der Waals surface area contributed by atoms with Gasteiger partial charge in [-0.3, -0.25) is 4.90 Å². The van der Waals surface area contributed by atoms with E-state index in [1.54, 1.807) is 19.2 Å². The molecule has 0 aliphatic carbocycles. The number of nitrogens with one attached hydrogen (secondary N) is 1. The number of benzene rings is 1. The van der Waals surface area contributed by atoms with Gasteiger partial charge in [-0.05, 0) is 44.1 Å². The van der Waals surface area contributed by atoms with Gasteiger partial charge in [0.2, 0.25) is 0 Å². The van der Waals surface area contributed by atoms with Gasteiger partial charge >= 0.3 is 0 Å². The molecule has 19 heavy (non-hydrogen) atoms. The molecule has 4 nitrogen and oxygen atoms in total. The molecule has 1 unspecified atom stereocenters.